The van der Waals surface area contributed by atoms with E-state index in [1.165, 1.54) is 34.4 Å². The van der Waals surface area contributed by atoms with Crippen molar-refractivity contribution in [2.75, 3.05) is 10.6 Å². The lowest BCUT2D eigenvalue weighted by atomic mass is 10.3. The van der Waals surface area contributed by atoms with Gasteiger partial charge < -0.3 is 10.6 Å². The van der Waals surface area contributed by atoms with Crippen molar-refractivity contribution >= 4 is 67.3 Å². The van der Waals surface area contributed by atoms with Gasteiger partial charge in [-0.2, -0.15) is 0 Å². The van der Waals surface area contributed by atoms with Gasteiger partial charge in [-0.3, -0.25) is 9.59 Å². The van der Waals surface area contributed by atoms with Crippen LogP contribution in [0.25, 0.3) is 10.2 Å². The average Bonchev–Trinajstić information content (AvgIpc) is 3.37. The summed E-state index contributed by atoms with van der Waals surface area (Å²) in [5.74, 6) is -0.245. The molecule has 0 radical (unpaired) electrons. The van der Waals surface area contributed by atoms with E-state index in [0.717, 1.165) is 15.1 Å². The monoisotopic (exact) mass is 439 g/mol. The van der Waals surface area contributed by atoms with E-state index in [-0.39, 0.29) is 17.1 Å². The first-order chi connectivity index (χ1) is 14.1. The third kappa shape index (κ3) is 4.84. The molecule has 2 aromatic heterocycles. The van der Waals surface area contributed by atoms with Gasteiger partial charge in [-0.15, -0.1) is 23.1 Å². The highest BCUT2D eigenvalue weighted by Gasteiger charge is 2.17. The normalized spacial score (nSPS) is 11.9. The number of hydrogen-bond acceptors (Lipinski definition) is 6. The minimum atomic E-state index is -0.315. The Morgan fingerprint density at radius 2 is 1.90 bits per heavy atom. The minimum absolute atomic E-state index is 0.109. The molecule has 1 unspecified atom stereocenters. The van der Waals surface area contributed by atoms with Gasteiger partial charge in [0, 0.05) is 10.6 Å². The van der Waals surface area contributed by atoms with Gasteiger partial charge in [0.15, 0.2) is 5.13 Å². The lowest BCUT2D eigenvalue weighted by Gasteiger charge is -2.11. The molecule has 0 saturated heterocycles. The molecule has 5 nitrogen and oxygen atoms in total. The van der Waals surface area contributed by atoms with Crippen molar-refractivity contribution in [2.24, 2.45) is 0 Å². The largest absolute Gasteiger partial charge is 0.321 e. The molecule has 0 saturated carbocycles. The number of hydrogen-bond donors (Lipinski definition) is 2. The molecule has 0 aliphatic carbocycles. The van der Waals surface area contributed by atoms with Crippen LogP contribution in [-0.4, -0.2) is 22.0 Å². The van der Waals surface area contributed by atoms with E-state index in [9.17, 15) is 9.59 Å². The van der Waals surface area contributed by atoms with Crippen molar-refractivity contribution < 1.29 is 9.59 Å². The number of fused-ring (bicyclic) bond motifs is 1. The van der Waals surface area contributed by atoms with E-state index in [4.69, 9.17) is 0 Å². The molecular formula is C21H17N3O2S3. The van der Waals surface area contributed by atoms with Gasteiger partial charge in [0.2, 0.25) is 5.91 Å². The number of anilines is 2. The highest BCUT2D eigenvalue weighted by atomic mass is 32.2. The fourth-order valence-electron chi connectivity index (χ4n) is 2.64. The van der Waals surface area contributed by atoms with Crippen LogP contribution in [0, 0.1) is 0 Å². The molecule has 2 amide bonds. The summed E-state index contributed by atoms with van der Waals surface area (Å²) in [5.41, 5.74) is 1.58. The molecule has 0 spiro atoms. The van der Waals surface area contributed by atoms with Gasteiger partial charge >= 0.3 is 0 Å². The zero-order chi connectivity index (χ0) is 20.2. The number of nitrogens with zero attached hydrogens (tertiary/aromatic N) is 1. The maximum absolute atomic E-state index is 12.6. The topological polar surface area (TPSA) is 71.1 Å². The first-order valence-electron chi connectivity index (χ1n) is 8.86. The maximum Gasteiger partial charge on any atom is 0.265 e. The molecule has 2 N–H and O–H groups in total. The Kier molecular flexibility index (Phi) is 5.94. The number of rotatable bonds is 6. The maximum atomic E-state index is 12.6. The molecule has 1 atom stereocenters. The van der Waals surface area contributed by atoms with Crippen LogP contribution < -0.4 is 10.6 Å². The molecular weight excluding hydrogens is 422 g/mol. The number of thiazole rings is 1. The van der Waals surface area contributed by atoms with Gasteiger partial charge in [0.25, 0.3) is 5.91 Å². The fraction of sp³-hybridized carbons (Fsp3) is 0.0952. The van der Waals surface area contributed by atoms with Crippen LogP contribution in [0.1, 0.15) is 16.6 Å². The summed E-state index contributed by atoms with van der Waals surface area (Å²) in [6.07, 6.45) is 0. The van der Waals surface area contributed by atoms with Crippen LogP contribution in [0.3, 0.4) is 0 Å². The van der Waals surface area contributed by atoms with E-state index in [1.54, 1.807) is 6.07 Å². The summed E-state index contributed by atoms with van der Waals surface area (Å²) in [6.45, 7) is 1.85. The summed E-state index contributed by atoms with van der Waals surface area (Å²) in [4.78, 5) is 30.8. The SMILES string of the molecule is CC(Sc1cccc(NC(=O)c2cccs2)c1)C(=O)Nc1nc2ccccc2s1. The van der Waals surface area contributed by atoms with Gasteiger partial charge in [-0.05, 0) is 48.7 Å². The molecule has 2 aromatic carbocycles. The number of carbonyl (C=O) groups is 2. The molecule has 2 heterocycles. The van der Waals surface area contributed by atoms with Crippen molar-refractivity contribution in [1.29, 1.82) is 0 Å². The second kappa shape index (κ2) is 8.77. The highest BCUT2D eigenvalue weighted by molar-refractivity contribution is 8.00. The predicted molar refractivity (Wildman–Crippen MR) is 122 cm³/mol. The van der Waals surface area contributed by atoms with Crippen molar-refractivity contribution in [3.05, 3.63) is 70.9 Å². The first kappa shape index (κ1) is 19.6. The molecule has 0 fully saturated rings. The van der Waals surface area contributed by atoms with E-state index >= 15 is 0 Å². The van der Waals surface area contributed by atoms with Crippen LogP contribution in [0.15, 0.2) is 70.9 Å². The first-order valence-corrected chi connectivity index (χ1v) is 11.4. The number of nitrogens with one attached hydrogen (secondary N) is 2. The quantitative estimate of drug-likeness (QED) is 0.376. The number of carbonyl (C=O) groups excluding carboxylic acids is 2. The molecule has 29 heavy (non-hydrogen) atoms. The Balaban J connectivity index is 1.39. The smallest absolute Gasteiger partial charge is 0.265 e. The predicted octanol–water partition coefficient (Wildman–Crippen LogP) is 5.73. The zero-order valence-corrected chi connectivity index (χ0v) is 17.9. The number of amides is 2. The van der Waals surface area contributed by atoms with Crippen molar-refractivity contribution in [3.63, 3.8) is 0 Å². The van der Waals surface area contributed by atoms with Gasteiger partial charge in [-0.25, -0.2) is 4.98 Å². The summed E-state index contributed by atoms with van der Waals surface area (Å²) in [6, 6.07) is 18.9. The van der Waals surface area contributed by atoms with Gasteiger partial charge in [-0.1, -0.05) is 35.6 Å². The third-order valence-electron chi connectivity index (χ3n) is 4.04. The second-order valence-electron chi connectivity index (χ2n) is 6.20. The van der Waals surface area contributed by atoms with Crippen LogP contribution in [0.2, 0.25) is 0 Å². The second-order valence-corrected chi connectivity index (χ2v) is 9.59. The fourth-order valence-corrected chi connectivity index (χ4v) is 5.05. The summed E-state index contributed by atoms with van der Waals surface area (Å²) >= 11 is 4.29. The van der Waals surface area contributed by atoms with E-state index in [1.807, 2.05) is 66.9 Å². The molecule has 0 aliphatic heterocycles. The Bertz CT molecular complexity index is 1120. The van der Waals surface area contributed by atoms with Crippen LogP contribution in [0.4, 0.5) is 10.8 Å². The average molecular weight is 440 g/mol. The highest BCUT2D eigenvalue weighted by Crippen LogP contribution is 2.29. The van der Waals surface area contributed by atoms with Crippen LogP contribution in [0.5, 0.6) is 0 Å². The summed E-state index contributed by atoms with van der Waals surface area (Å²) in [7, 11) is 0. The number of thioether (sulfide) groups is 1. The third-order valence-corrected chi connectivity index (χ3v) is 6.96. The zero-order valence-electron chi connectivity index (χ0n) is 15.4. The van der Waals surface area contributed by atoms with E-state index < -0.39 is 0 Å². The Hall–Kier alpha value is -2.68. The van der Waals surface area contributed by atoms with Crippen molar-refractivity contribution in [1.82, 2.24) is 4.98 Å². The summed E-state index contributed by atoms with van der Waals surface area (Å²) < 4.78 is 1.04. The molecule has 0 bridgehead atoms. The van der Waals surface area contributed by atoms with E-state index in [0.29, 0.717) is 15.7 Å². The molecule has 4 rings (SSSR count). The molecule has 146 valence electrons. The van der Waals surface area contributed by atoms with Gasteiger partial charge in [0.1, 0.15) is 0 Å². The van der Waals surface area contributed by atoms with Crippen LogP contribution >= 0.6 is 34.4 Å². The Labute approximate surface area is 180 Å². The Morgan fingerprint density at radius 3 is 2.69 bits per heavy atom. The number of aromatic nitrogens is 1. The molecule has 4 aromatic rings. The van der Waals surface area contributed by atoms with Crippen molar-refractivity contribution in [3.8, 4) is 0 Å². The molecule has 0 aliphatic rings. The Morgan fingerprint density at radius 1 is 1.03 bits per heavy atom. The molecule has 8 heteroatoms. The lowest BCUT2D eigenvalue weighted by molar-refractivity contribution is -0.115. The summed E-state index contributed by atoms with van der Waals surface area (Å²) in [5, 5.41) is 7.94. The lowest BCUT2D eigenvalue weighted by Crippen LogP contribution is -2.22. The van der Waals surface area contributed by atoms with Crippen LogP contribution in [-0.2, 0) is 4.79 Å². The minimum Gasteiger partial charge on any atom is -0.321 e. The van der Waals surface area contributed by atoms with Crippen molar-refractivity contribution in [2.45, 2.75) is 17.1 Å². The number of thiophene rings is 1. The number of para-hydroxylation sites is 1. The standard InChI is InChI=1S/C21H17N3O2S3/c1-13(19(25)24-21-23-16-8-2-3-9-17(16)29-21)28-15-7-4-6-14(12-15)22-20(26)18-10-5-11-27-18/h2-13H,1H3,(H,22,26)(H,23,24,25). The number of benzene rings is 2. The van der Waals surface area contributed by atoms with Gasteiger partial charge in [0.05, 0.1) is 20.3 Å². The van der Waals surface area contributed by atoms with E-state index in [2.05, 4.69) is 15.6 Å².